The third-order valence-corrected chi connectivity index (χ3v) is 4.48. The van der Waals surface area contributed by atoms with Gasteiger partial charge in [-0.25, -0.2) is 0 Å². The number of nitrogens with two attached hydrogens (primary N) is 1. The van der Waals surface area contributed by atoms with Crippen molar-refractivity contribution in [1.82, 2.24) is 4.90 Å². The molecule has 1 aliphatic heterocycles. The molecule has 0 spiro atoms. The van der Waals surface area contributed by atoms with E-state index in [9.17, 15) is 0 Å². The quantitative estimate of drug-likeness (QED) is 0.918. The minimum Gasteiger partial charge on any atom is -0.330 e. The Morgan fingerprint density at radius 3 is 2.44 bits per heavy atom. The van der Waals surface area contributed by atoms with Gasteiger partial charge in [0.25, 0.3) is 0 Å². The van der Waals surface area contributed by atoms with Crippen LogP contribution in [0.25, 0.3) is 0 Å². The number of halogens is 2. The van der Waals surface area contributed by atoms with Gasteiger partial charge < -0.3 is 5.73 Å². The zero-order valence-electron chi connectivity index (χ0n) is 10.9. The van der Waals surface area contributed by atoms with Crippen molar-refractivity contribution in [2.45, 2.75) is 32.4 Å². The second-order valence-corrected chi connectivity index (χ2v) is 6.01. The first-order valence-electron chi connectivity index (χ1n) is 6.46. The molecule has 0 bridgehead atoms. The van der Waals surface area contributed by atoms with Gasteiger partial charge in [0.2, 0.25) is 0 Å². The predicted molar refractivity (Wildman–Crippen MR) is 78.2 cm³/mol. The molecule has 18 heavy (non-hydrogen) atoms. The highest BCUT2D eigenvalue weighted by atomic mass is 35.5. The first-order chi connectivity index (χ1) is 8.56. The standard InChI is InChI=1S/C14H20Cl2N2/c1-9(2)18-7-6-10(8-17)14(18)13-11(15)4-3-5-12(13)16/h3-5,9-10,14H,6-8,17H2,1-2H3. The smallest absolute Gasteiger partial charge is 0.0468 e. The van der Waals surface area contributed by atoms with E-state index in [4.69, 9.17) is 28.9 Å². The second-order valence-electron chi connectivity index (χ2n) is 5.20. The molecule has 1 aliphatic rings. The lowest BCUT2D eigenvalue weighted by Gasteiger charge is -2.32. The molecule has 100 valence electrons. The molecule has 0 amide bonds. The highest BCUT2D eigenvalue weighted by Crippen LogP contribution is 2.43. The lowest BCUT2D eigenvalue weighted by atomic mass is 9.93. The van der Waals surface area contributed by atoms with Gasteiger partial charge in [0.15, 0.2) is 0 Å². The number of rotatable bonds is 3. The summed E-state index contributed by atoms with van der Waals surface area (Å²) in [5, 5.41) is 1.50. The molecule has 1 saturated heterocycles. The molecule has 0 saturated carbocycles. The van der Waals surface area contributed by atoms with Gasteiger partial charge in [-0.1, -0.05) is 29.3 Å². The third kappa shape index (κ3) is 2.53. The van der Waals surface area contributed by atoms with E-state index < -0.39 is 0 Å². The molecule has 4 heteroatoms. The summed E-state index contributed by atoms with van der Waals surface area (Å²) >= 11 is 12.7. The third-order valence-electron chi connectivity index (χ3n) is 3.82. The second kappa shape index (κ2) is 5.79. The first-order valence-corrected chi connectivity index (χ1v) is 7.21. The van der Waals surface area contributed by atoms with Gasteiger partial charge in [-0.3, -0.25) is 4.90 Å². The Morgan fingerprint density at radius 2 is 1.94 bits per heavy atom. The summed E-state index contributed by atoms with van der Waals surface area (Å²) in [4.78, 5) is 2.45. The summed E-state index contributed by atoms with van der Waals surface area (Å²) in [7, 11) is 0. The Morgan fingerprint density at radius 1 is 1.33 bits per heavy atom. The fourth-order valence-electron chi connectivity index (χ4n) is 2.90. The maximum absolute atomic E-state index is 6.35. The lowest BCUT2D eigenvalue weighted by Crippen LogP contribution is -2.33. The van der Waals surface area contributed by atoms with Crippen molar-refractivity contribution in [2.75, 3.05) is 13.1 Å². The van der Waals surface area contributed by atoms with Crippen molar-refractivity contribution in [3.8, 4) is 0 Å². The number of likely N-dealkylation sites (tertiary alicyclic amines) is 1. The molecule has 0 radical (unpaired) electrons. The van der Waals surface area contributed by atoms with Crippen LogP contribution in [-0.4, -0.2) is 24.0 Å². The van der Waals surface area contributed by atoms with Crippen LogP contribution >= 0.6 is 23.2 Å². The van der Waals surface area contributed by atoms with Gasteiger partial charge in [-0.05, 0) is 51.4 Å². The monoisotopic (exact) mass is 286 g/mol. The van der Waals surface area contributed by atoms with Crippen molar-refractivity contribution in [3.05, 3.63) is 33.8 Å². The molecule has 2 rings (SSSR count). The molecule has 1 fully saturated rings. The van der Waals surface area contributed by atoms with Gasteiger partial charge in [0.1, 0.15) is 0 Å². The van der Waals surface area contributed by atoms with Crippen LogP contribution in [-0.2, 0) is 0 Å². The van der Waals surface area contributed by atoms with Crippen LogP contribution in [0.1, 0.15) is 31.9 Å². The van der Waals surface area contributed by atoms with E-state index in [1.165, 1.54) is 0 Å². The van der Waals surface area contributed by atoms with Crippen LogP contribution in [0.4, 0.5) is 0 Å². The highest BCUT2D eigenvalue weighted by Gasteiger charge is 2.37. The predicted octanol–water partition coefficient (Wildman–Crippen LogP) is 3.72. The minimum absolute atomic E-state index is 0.246. The maximum atomic E-state index is 6.35. The normalized spacial score (nSPS) is 25.0. The van der Waals surface area contributed by atoms with Crippen LogP contribution < -0.4 is 5.73 Å². The number of hydrogen-bond acceptors (Lipinski definition) is 2. The zero-order valence-corrected chi connectivity index (χ0v) is 12.4. The van der Waals surface area contributed by atoms with E-state index in [0.717, 1.165) is 28.6 Å². The number of benzene rings is 1. The van der Waals surface area contributed by atoms with Crippen molar-refractivity contribution < 1.29 is 0 Å². The Bertz CT molecular complexity index is 400. The summed E-state index contributed by atoms with van der Waals surface area (Å²) in [6.07, 6.45) is 1.11. The first kappa shape index (κ1) is 14.1. The van der Waals surface area contributed by atoms with E-state index in [1.54, 1.807) is 0 Å². The molecule has 2 unspecified atom stereocenters. The average molecular weight is 287 g/mol. The van der Waals surface area contributed by atoms with Gasteiger partial charge in [0.05, 0.1) is 0 Å². The largest absolute Gasteiger partial charge is 0.330 e. The molecule has 2 atom stereocenters. The van der Waals surface area contributed by atoms with E-state index in [2.05, 4.69) is 18.7 Å². The zero-order chi connectivity index (χ0) is 13.3. The van der Waals surface area contributed by atoms with Crippen LogP contribution in [0.2, 0.25) is 10.0 Å². The van der Waals surface area contributed by atoms with Crippen LogP contribution in [0, 0.1) is 5.92 Å². The van der Waals surface area contributed by atoms with Crippen molar-refractivity contribution >= 4 is 23.2 Å². The Hall–Kier alpha value is -0.280. The van der Waals surface area contributed by atoms with Gasteiger partial charge >= 0.3 is 0 Å². The molecule has 0 aromatic heterocycles. The van der Waals surface area contributed by atoms with E-state index in [-0.39, 0.29) is 6.04 Å². The van der Waals surface area contributed by atoms with Gasteiger partial charge in [0, 0.05) is 27.7 Å². The minimum atomic E-state index is 0.246. The van der Waals surface area contributed by atoms with E-state index >= 15 is 0 Å². The van der Waals surface area contributed by atoms with Gasteiger partial charge in [-0.15, -0.1) is 0 Å². The Balaban J connectivity index is 2.44. The molecule has 1 heterocycles. The van der Waals surface area contributed by atoms with E-state index in [1.807, 2.05) is 18.2 Å². The molecular weight excluding hydrogens is 267 g/mol. The van der Waals surface area contributed by atoms with Crippen molar-refractivity contribution in [1.29, 1.82) is 0 Å². The lowest BCUT2D eigenvalue weighted by molar-refractivity contribution is 0.185. The summed E-state index contributed by atoms with van der Waals surface area (Å²) in [6, 6.07) is 6.43. The highest BCUT2D eigenvalue weighted by molar-refractivity contribution is 6.36. The topological polar surface area (TPSA) is 29.3 Å². The van der Waals surface area contributed by atoms with E-state index in [0.29, 0.717) is 18.5 Å². The Kier molecular flexibility index (Phi) is 4.54. The van der Waals surface area contributed by atoms with Crippen LogP contribution in [0.15, 0.2) is 18.2 Å². The molecule has 1 aromatic carbocycles. The summed E-state index contributed by atoms with van der Waals surface area (Å²) < 4.78 is 0. The molecule has 1 aromatic rings. The van der Waals surface area contributed by atoms with Gasteiger partial charge in [-0.2, -0.15) is 0 Å². The Labute approximate surface area is 119 Å². The fraction of sp³-hybridized carbons (Fsp3) is 0.571. The SMILES string of the molecule is CC(C)N1CCC(CN)C1c1c(Cl)cccc1Cl. The number of hydrogen-bond donors (Lipinski definition) is 1. The fourth-order valence-corrected chi connectivity index (χ4v) is 3.52. The maximum Gasteiger partial charge on any atom is 0.0468 e. The molecule has 2 N–H and O–H groups in total. The van der Waals surface area contributed by atoms with Crippen molar-refractivity contribution in [3.63, 3.8) is 0 Å². The summed E-state index contributed by atoms with van der Waals surface area (Å²) in [5.74, 6) is 0.435. The molecular formula is C14H20Cl2N2. The van der Waals surface area contributed by atoms with Crippen LogP contribution in [0.5, 0.6) is 0 Å². The molecule has 2 nitrogen and oxygen atoms in total. The van der Waals surface area contributed by atoms with Crippen LogP contribution in [0.3, 0.4) is 0 Å². The van der Waals surface area contributed by atoms with Crippen molar-refractivity contribution in [2.24, 2.45) is 11.7 Å². The average Bonchev–Trinajstić information content (AvgIpc) is 2.72. The number of nitrogens with zero attached hydrogens (tertiary/aromatic N) is 1. The summed E-state index contributed by atoms with van der Waals surface area (Å²) in [6.45, 7) is 6.15. The molecule has 0 aliphatic carbocycles. The summed E-state index contributed by atoms with van der Waals surface area (Å²) in [5.41, 5.74) is 6.96.